The molecule has 0 radical (unpaired) electrons. The minimum absolute atomic E-state index is 0.201. The zero-order valence-corrected chi connectivity index (χ0v) is 10.6. The van der Waals surface area contributed by atoms with Crippen LogP contribution in [0, 0.1) is 19.7 Å². The number of pyridine rings is 1. The van der Waals surface area contributed by atoms with E-state index in [0.717, 1.165) is 18.8 Å². The van der Waals surface area contributed by atoms with E-state index in [1.807, 2.05) is 24.0 Å². The van der Waals surface area contributed by atoms with Gasteiger partial charge in [0.05, 0.1) is 0 Å². The van der Waals surface area contributed by atoms with E-state index in [9.17, 15) is 4.39 Å². The number of rotatable bonds is 1. The molecule has 1 aromatic heterocycles. The Labute approximate surface area is 106 Å². The molecular weight excluding hydrogens is 227 g/mol. The first-order chi connectivity index (χ1) is 8.65. The molecule has 0 unspecified atom stereocenters. The molecule has 3 heteroatoms. The lowest BCUT2D eigenvalue weighted by atomic mass is 10.1. The van der Waals surface area contributed by atoms with Gasteiger partial charge >= 0.3 is 0 Å². The van der Waals surface area contributed by atoms with Crippen LogP contribution in [0.5, 0.6) is 0 Å². The molecule has 0 spiro atoms. The Morgan fingerprint density at radius 3 is 2.33 bits per heavy atom. The molecule has 2 aromatic rings. The fourth-order valence-electron chi connectivity index (χ4n) is 2.49. The van der Waals surface area contributed by atoms with E-state index >= 15 is 0 Å². The molecule has 1 aliphatic heterocycles. The highest BCUT2D eigenvalue weighted by molar-refractivity contribution is 5.50. The maximum atomic E-state index is 14.2. The Morgan fingerprint density at radius 1 is 1.11 bits per heavy atom. The third-order valence-corrected chi connectivity index (χ3v) is 3.39. The lowest BCUT2D eigenvalue weighted by molar-refractivity contribution is 0.601. The van der Waals surface area contributed by atoms with Crippen molar-refractivity contribution in [3.8, 4) is 0 Å². The molecular formula is C15H15FN2. The summed E-state index contributed by atoms with van der Waals surface area (Å²) in [4.78, 5) is 6.35. The maximum absolute atomic E-state index is 14.2. The number of hydrogen-bond donors (Lipinski definition) is 0. The molecule has 92 valence electrons. The molecule has 0 aliphatic carbocycles. The fraction of sp³-hybridized carbons (Fsp3) is 0.267. The molecule has 0 N–H and O–H groups in total. The number of anilines is 1. The highest BCUT2D eigenvalue weighted by Gasteiger charge is 2.23. The number of benzene rings is 1. The Balaban J connectivity index is 2.00. The maximum Gasteiger partial charge on any atom is 0.168 e. The number of aromatic nitrogens is 1. The molecule has 0 bridgehead atoms. The van der Waals surface area contributed by atoms with Gasteiger partial charge in [-0.1, -0.05) is 24.3 Å². The zero-order chi connectivity index (χ0) is 12.7. The van der Waals surface area contributed by atoms with Gasteiger partial charge in [-0.25, -0.2) is 9.37 Å². The second-order valence-corrected chi connectivity index (χ2v) is 4.84. The van der Waals surface area contributed by atoms with E-state index in [1.165, 1.54) is 11.1 Å². The number of halogens is 1. The smallest absolute Gasteiger partial charge is 0.168 e. The third-order valence-electron chi connectivity index (χ3n) is 3.39. The van der Waals surface area contributed by atoms with Crippen molar-refractivity contribution in [2.75, 3.05) is 4.90 Å². The van der Waals surface area contributed by atoms with Gasteiger partial charge in [-0.05, 0) is 36.6 Å². The third kappa shape index (κ3) is 1.76. The predicted molar refractivity (Wildman–Crippen MR) is 70.0 cm³/mol. The Morgan fingerprint density at radius 2 is 1.72 bits per heavy atom. The van der Waals surface area contributed by atoms with Crippen LogP contribution in [0.25, 0.3) is 0 Å². The summed E-state index contributed by atoms with van der Waals surface area (Å²) in [6.07, 6.45) is 0. The van der Waals surface area contributed by atoms with Crippen LogP contribution < -0.4 is 4.90 Å². The minimum atomic E-state index is -0.201. The van der Waals surface area contributed by atoms with Crippen LogP contribution in [-0.4, -0.2) is 4.98 Å². The topological polar surface area (TPSA) is 16.1 Å². The summed E-state index contributed by atoms with van der Waals surface area (Å²) in [5.74, 6) is 0.275. The quantitative estimate of drug-likeness (QED) is 0.762. The Bertz CT molecular complexity index is 582. The summed E-state index contributed by atoms with van der Waals surface area (Å²) in [5.41, 5.74) is 4.05. The van der Waals surface area contributed by atoms with Gasteiger partial charge in [0.2, 0.25) is 0 Å². The lowest BCUT2D eigenvalue weighted by Gasteiger charge is -2.18. The van der Waals surface area contributed by atoms with Gasteiger partial charge in [-0.15, -0.1) is 0 Å². The molecule has 0 fully saturated rings. The second kappa shape index (κ2) is 4.09. The van der Waals surface area contributed by atoms with E-state index in [-0.39, 0.29) is 5.82 Å². The average molecular weight is 242 g/mol. The number of fused-ring (bicyclic) bond motifs is 1. The zero-order valence-electron chi connectivity index (χ0n) is 10.6. The fourth-order valence-corrected chi connectivity index (χ4v) is 2.49. The highest BCUT2D eigenvalue weighted by Crippen LogP contribution is 2.29. The first-order valence-electron chi connectivity index (χ1n) is 6.10. The largest absolute Gasteiger partial charge is 0.345 e. The molecule has 0 amide bonds. The highest BCUT2D eigenvalue weighted by atomic mass is 19.1. The summed E-state index contributed by atoms with van der Waals surface area (Å²) >= 11 is 0. The van der Waals surface area contributed by atoms with Gasteiger partial charge in [-0.2, -0.15) is 0 Å². The first-order valence-corrected chi connectivity index (χ1v) is 6.10. The normalized spacial score (nSPS) is 13.8. The van der Waals surface area contributed by atoms with E-state index in [4.69, 9.17) is 0 Å². The van der Waals surface area contributed by atoms with Crippen molar-refractivity contribution in [2.45, 2.75) is 26.9 Å². The van der Waals surface area contributed by atoms with Crippen LogP contribution in [0.1, 0.15) is 22.4 Å². The summed E-state index contributed by atoms with van der Waals surface area (Å²) < 4.78 is 14.2. The summed E-state index contributed by atoms with van der Waals surface area (Å²) in [7, 11) is 0. The lowest BCUT2D eigenvalue weighted by Crippen LogP contribution is -2.18. The van der Waals surface area contributed by atoms with Crippen molar-refractivity contribution >= 4 is 5.82 Å². The van der Waals surface area contributed by atoms with E-state index in [1.54, 1.807) is 13.0 Å². The molecule has 0 atom stereocenters. The molecule has 3 rings (SSSR count). The van der Waals surface area contributed by atoms with Gasteiger partial charge in [0.15, 0.2) is 11.6 Å². The minimum Gasteiger partial charge on any atom is -0.345 e. The van der Waals surface area contributed by atoms with Crippen LogP contribution in [-0.2, 0) is 13.1 Å². The van der Waals surface area contributed by atoms with E-state index in [2.05, 4.69) is 17.1 Å². The van der Waals surface area contributed by atoms with E-state index in [0.29, 0.717) is 11.4 Å². The van der Waals surface area contributed by atoms with Gasteiger partial charge in [-0.3, -0.25) is 0 Å². The van der Waals surface area contributed by atoms with Crippen molar-refractivity contribution < 1.29 is 4.39 Å². The van der Waals surface area contributed by atoms with Crippen molar-refractivity contribution in [3.63, 3.8) is 0 Å². The predicted octanol–water partition coefficient (Wildman–Crippen LogP) is 3.36. The van der Waals surface area contributed by atoms with E-state index < -0.39 is 0 Å². The van der Waals surface area contributed by atoms with Crippen LogP contribution in [0.2, 0.25) is 0 Å². The standard InChI is InChI=1S/C15H15FN2/c1-10-7-11(2)17-15(14(10)16)18-8-12-5-3-4-6-13(12)9-18/h3-7H,8-9H2,1-2H3. The number of aryl methyl sites for hydroxylation is 2. The summed E-state index contributed by atoms with van der Waals surface area (Å²) in [5, 5.41) is 0. The van der Waals surface area contributed by atoms with Crippen molar-refractivity contribution in [3.05, 3.63) is 58.5 Å². The SMILES string of the molecule is Cc1cc(C)c(F)c(N2Cc3ccccc3C2)n1. The van der Waals surface area contributed by atoms with Crippen molar-refractivity contribution in [1.29, 1.82) is 0 Å². The first kappa shape index (κ1) is 11.2. The van der Waals surface area contributed by atoms with Crippen LogP contribution in [0.3, 0.4) is 0 Å². The van der Waals surface area contributed by atoms with Crippen molar-refractivity contribution in [1.82, 2.24) is 4.98 Å². The average Bonchev–Trinajstić information content (AvgIpc) is 2.77. The molecule has 2 nitrogen and oxygen atoms in total. The molecule has 0 saturated heterocycles. The van der Waals surface area contributed by atoms with Crippen LogP contribution in [0.15, 0.2) is 30.3 Å². The van der Waals surface area contributed by atoms with Gasteiger partial charge < -0.3 is 4.90 Å². The summed E-state index contributed by atoms with van der Waals surface area (Å²) in [6, 6.07) is 10.0. The summed E-state index contributed by atoms with van der Waals surface area (Å²) in [6.45, 7) is 5.17. The molecule has 18 heavy (non-hydrogen) atoms. The molecule has 0 saturated carbocycles. The molecule has 2 heterocycles. The monoisotopic (exact) mass is 242 g/mol. The second-order valence-electron chi connectivity index (χ2n) is 4.84. The van der Waals surface area contributed by atoms with Crippen LogP contribution >= 0.6 is 0 Å². The molecule has 1 aromatic carbocycles. The molecule has 1 aliphatic rings. The number of hydrogen-bond acceptors (Lipinski definition) is 2. The number of nitrogens with zero attached hydrogens (tertiary/aromatic N) is 2. The Hall–Kier alpha value is -1.90. The van der Waals surface area contributed by atoms with Gasteiger partial charge in [0.1, 0.15) is 0 Å². The van der Waals surface area contributed by atoms with Gasteiger partial charge in [0, 0.05) is 18.8 Å². The Kier molecular flexibility index (Phi) is 2.54. The van der Waals surface area contributed by atoms with Crippen molar-refractivity contribution in [2.24, 2.45) is 0 Å². The van der Waals surface area contributed by atoms with Crippen LogP contribution in [0.4, 0.5) is 10.2 Å². The van der Waals surface area contributed by atoms with Gasteiger partial charge in [0.25, 0.3) is 0 Å².